The zero-order chi connectivity index (χ0) is 24.2. The van der Waals surface area contributed by atoms with Crippen molar-refractivity contribution in [2.24, 2.45) is 46.3 Å². The molecule has 0 radical (unpaired) electrons. The van der Waals surface area contributed by atoms with Crippen LogP contribution in [0.1, 0.15) is 112 Å². The highest BCUT2D eigenvalue weighted by molar-refractivity contribution is 6.20. The molecule has 4 heteroatoms. The molecule has 4 aliphatic rings. The van der Waals surface area contributed by atoms with E-state index in [2.05, 4.69) is 34.6 Å². The SMILES string of the molecule is CC(=O)OC1CC2C3CCC(C(C)CCCC(C)C)C3(C)CCC2C2(C)CCC(Cl)CC12O. The van der Waals surface area contributed by atoms with Gasteiger partial charge < -0.3 is 9.84 Å². The van der Waals surface area contributed by atoms with Crippen LogP contribution in [0, 0.1) is 46.3 Å². The van der Waals surface area contributed by atoms with Crippen LogP contribution in [0.15, 0.2) is 0 Å². The molecule has 0 amide bonds. The fraction of sp³-hybridized carbons (Fsp3) is 0.966. The van der Waals surface area contributed by atoms with Crippen LogP contribution in [0.5, 0.6) is 0 Å². The van der Waals surface area contributed by atoms with Crippen molar-refractivity contribution in [3.63, 3.8) is 0 Å². The number of ether oxygens (including phenoxy) is 1. The van der Waals surface area contributed by atoms with Gasteiger partial charge in [-0.05, 0) is 92.3 Å². The van der Waals surface area contributed by atoms with E-state index >= 15 is 0 Å². The maximum absolute atomic E-state index is 12.1. The predicted molar refractivity (Wildman–Crippen MR) is 135 cm³/mol. The van der Waals surface area contributed by atoms with Crippen LogP contribution in [-0.4, -0.2) is 28.2 Å². The van der Waals surface area contributed by atoms with Crippen LogP contribution in [0.4, 0.5) is 0 Å². The number of fused-ring (bicyclic) bond motifs is 5. The molecule has 4 saturated carbocycles. The van der Waals surface area contributed by atoms with Crippen LogP contribution in [0.2, 0.25) is 0 Å². The van der Waals surface area contributed by atoms with E-state index in [1.165, 1.54) is 51.9 Å². The van der Waals surface area contributed by atoms with Crippen molar-refractivity contribution in [1.82, 2.24) is 0 Å². The Bertz CT molecular complexity index is 724. The second-order valence-corrected chi connectivity index (χ2v) is 14.0. The van der Waals surface area contributed by atoms with Crippen LogP contribution in [0.3, 0.4) is 0 Å². The number of aliphatic hydroxyl groups is 1. The van der Waals surface area contributed by atoms with Gasteiger partial charge in [-0.1, -0.05) is 53.9 Å². The van der Waals surface area contributed by atoms with E-state index in [9.17, 15) is 9.90 Å². The number of halogens is 1. The minimum atomic E-state index is -1.000. The smallest absolute Gasteiger partial charge is 0.303 e. The lowest BCUT2D eigenvalue weighted by Crippen LogP contribution is -2.69. The van der Waals surface area contributed by atoms with Crippen LogP contribution < -0.4 is 0 Å². The normalized spacial score (nSPS) is 48.0. The first kappa shape index (κ1) is 25.8. The van der Waals surface area contributed by atoms with Gasteiger partial charge in [-0.25, -0.2) is 0 Å². The maximum atomic E-state index is 12.1. The van der Waals surface area contributed by atoms with Gasteiger partial charge in [-0.3, -0.25) is 4.79 Å². The topological polar surface area (TPSA) is 46.5 Å². The molecule has 4 fully saturated rings. The summed E-state index contributed by atoms with van der Waals surface area (Å²) in [5, 5.41) is 12.1. The standard InChI is InChI=1S/C29H49ClO3/c1-18(2)8-7-9-19(3)23-10-11-24-22-16-26(33-20(4)31)29(32)17-21(30)12-15-28(29,6)25(22)13-14-27(23,24)5/h18-19,21-26,32H,7-17H2,1-6H3. The molecule has 33 heavy (non-hydrogen) atoms. The van der Waals surface area contributed by atoms with E-state index in [0.717, 1.165) is 37.0 Å². The van der Waals surface area contributed by atoms with Crippen molar-refractivity contribution in [2.45, 2.75) is 129 Å². The molecule has 0 aliphatic heterocycles. The zero-order valence-electron chi connectivity index (χ0n) is 22.0. The van der Waals surface area contributed by atoms with E-state index in [0.29, 0.717) is 29.6 Å². The van der Waals surface area contributed by atoms with E-state index in [-0.39, 0.29) is 16.8 Å². The first-order chi connectivity index (χ1) is 15.4. The Kier molecular flexibility index (Phi) is 7.28. The third-order valence-corrected chi connectivity index (χ3v) is 11.7. The molecule has 0 heterocycles. The molecular formula is C29H49ClO3. The molecule has 0 aromatic carbocycles. The largest absolute Gasteiger partial charge is 0.459 e. The van der Waals surface area contributed by atoms with Crippen molar-refractivity contribution in [3.8, 4) is 0 Å². The number of hydrogen-bond acceptors (Lipinski definition) is 3. The molecule has 10 unspecified atom stereocenters. The lowest BCUT2D eigenvalue weighted by atomic mass is 9.42. The molecule has 190 valence electrons. The fourth-order valence-corrected chi connectivity index (χ4v) is 9.92. The highest BCUT2D eigenvalue weighted by Crippen LogP contribution is 2.69. The quantitative estimate of drug-likeness (QED) is 0.318. The molecule has 3 nitrogen and oxygen atoms in total. The van der Waals surface area contributed by atoms with Crippen molar-refractivity contribution in [1.29, 1.82) is 0 Å². The highest BCUT2D eigenvalue weighted by atomic mass is 35.5. The maximum Gasteiger partial charge on any atom is 0.303 e. The minimum absolute atomic E-state index is 0.0333. The van der Waals surface area contributed by atoms with Gasteiger partial charge in [0.25, 0.3) is 0 Å². The second kappa shape index (κ2) is 9.30. The number of rotatable bonds is 6. The molecule has 0 saturated heterocycles. The number of esters is 1. The van der Waals surface area contributed by atoms with Crippen molar-refractivity contribution < 1.29 is 14.6 Å². The van der Waals surface area contributed by atoms with Gasteiger partial charge in [0.15, 0.2) is 0 Å². The van der Waals surface area contributed by atoms with E-state index in [1.807, 2.05) is 0 Å². The van der Waals surface area contributed by atoms with Crippen LogP contribution >= 0.6 is 11.6 Å². The Morgan fingerprint density at radius 3 is 2.45 bits per heavy atom. The number of alkyl halides is 1. The average Bonchev–Trinajstić information content (AvgIpc) is 3.07. The number of hydrogen-bond donors (Lipinski definition) is 1. The van der Waals surface area contributed by atoms with Gasteiger partial charge in [0.2, 0.25) is 0 Å². The van der Waals surface area contributed by atoms with Gasteiger partial charge in [-0.2, -0.15) is 0 Å². The molecule has 1 N–H and O–H groups in total. The van der Waals surface area contributed by atoms with Crippen molar-refractivity contribution >= 4 is 17.6 Å². The summed E-state index contributed by atoms with van der Waals surface area (Å²) in [4.78, 5) is 12.1. The van der Waals surface area contributed by atoms with Gasteiger partial charge in [-0.15, -0.1) is 11.6 Å². The lowest BCUT2D eigenvalue weighted by molar-refractivity contribution is -0.258. The summed E-state index contributed by atoms with van der Waals surface area (Å²) in [7, 11) is 0. The Hall–Kier alpha value is -0.280. The first-order valence-electron chi connectivity index (χ1n) is 14.0. The third-order valence-electron chi connectivity index (χ3n) is 11.3. The first-order valence-corrected chi connectivity index (χ1v) is 14.4. The van der Waals surface area contributed by atoms with Gasteiger partial charge >= 0.3 is 5.97 Å². The molecule has 4 rings (SSSR count). The summed E-state index contributed by atoms with van der Waals surface area (Å²) >= 11 is 6.59. The molecule has 0 aromatic heterocycles. The molecule has 0 bridgehead atoms. The Morgan fingerprint density at radius 2 is 1.79 bits per heavy atom. The van der Waals surface area contributed by atoms with E-state index in [4.69, 9.17) is 16.3 Å². The summed E-state index contributed by atoms with van der Waals surface area (Å²) < 4.78 is 5.91. The monoisotopic (exact) mass is 480 g/mol. The summed E-state index contributed by atoms with van der Waals surface area (Å²) in [5.41, 5.74) is -0.835. The summed E-state index contributed by atoms with van der Waals surface area (Å²) in [5.74, 6) is 3.83. The molecule has 10 atom stereocenters. The molecule has 4 aliphatic carbocycles. The molecule has 0 spiro atoms. The third kappa shape index (κ3) is 4.30. The summed E-state index contributed by atoms with van der Waals surface area (Å²) in [6.45, 7) is 13.6. The zero-order valence-corrected chi connectivity index (χ0v) is 22.8. The number of carbonyl (C=O) groups excluding carboxylic acids is 1. The van der Waals surface area contributed by atoms with E-state index < -0.39 is 11.7 Å². The van der Waals surface area contributed by atoms with Crippen LogP contribution in [0.25, 0.3) is 0 Å². The predicted octanol–water partition coefficient (Wildman–Crippen LogP) is 7.37. The van der Waals surface area contributed by atoms with Crippen molar-refractivity contribution in [3.05, 3.63) is 0 Å². The van der Waals surface area contributed by atoms with Crippen molar-refractivity contribution in [2.75, 3.05) is 0 Å². The lowest BCUT2D eigenvalue weighted by Gasteiger charge is -2.65. The van der Waals surface area contributed by atoms with Crippen LogP contribution in [-0.2, 0) is 9.53 Å². The average molecular weight is 481 g/mol. The number of carbonyl (C=O) groups is 1. The summed E-state index contributed by atoms with van der Waals surface area (Å²) in [6.07, 6.45) is 12.0. The Labute approximate surface area is 207 Å². The minimum Gasteiger partial charge on any atom is -0.459 e. The Balaban J connectivity index is 1.58. The second-order valence-electron chi connectivity index (χ2n) is 13.4. The Morgan fingerprint density at radius 1 is 1.06 bits per heavy atom. The van der Waals surface area contributed by atoms with Gasteiger partial charge in [0.05, 0.1) is 0 Å². The molecular weight excluding hydrogens is 432 g/mol. The van der Waals surface area contributed by atoms with Gasteiger partial charge in [0.1, 0.15) is 11.7 Å². The highest BCUT2D eigenvalue weighted by Gasteiger charge is 2.68. The van der Waals surface area contributed by atoms with E-state index in [1.54, 1.807) is 0 Å². The van der Waals surface area contributed by atoms with Gasteiger partial charge in [0, 0.05) is 17.7 Å². The summed E-state index contributed by atoms with van der Waals surface area (Å²) in [6, 6.07) is 0. The molecule has 0 aromatic rings. The fourth-order valence-electron chi connectivity index (χ4n) is 9.57.